The van der Waals surface area contributed by atoms with E-state index in [9.17, 15) is 8.78 Å². The number of aromatic nitrogens is 3. The minimum absolute atomic E-state index is 0.161. The summed E-state index contributed by atoms with van der Waals surface area (Å²) < 4.78 is 28.5. The lowest BCUT2D eigenvalue weighted by Gasteiger charge is -2.02. The fourth-order valence-corrected chi connectivity index (χ4v) is 1.99. The average Bonchev–Trinajstić information content (AvgIpc) is 2.73. The summed E-state index contributed by atoms with van der Waals surface area (Å²) >= 11 is 0. The van der Waals surface area contributed by atoms with Crippen LogP contribution < -0.4 is 0 Å². The van der Waals surface area contributed by atoms with Gasteiger partial charge in [-0.2, -0.15) is 0 Å². The van der Waals surface area contributed by atoms with Gasteiger partial charge in [-0.1, -0.05) is 0 Å². The largest absolute Gasteiger partial charge is 0.325 e. The van der Waals surface area contributed by atoms with E-state index in [4.69, 9.17) is 0 Å². The Morgan fingerprint density at radius 1 is 1.17 bits per heavy atom. The van der Waals surface area contributed by atoms with Crippen LogP contribution in [-0.4, -0.2) is 14.5 Å². The van der Waals surface area contributed by atoms with Crippen molar-refractivity contribution in [2.24, 2.45) is 7.05 Å². The second-order valence-corrected chi connectivity index (χ2v) is 3.97. The molecular formula is C13H9F2N3. The quantitative estimate of drug-likeness (QED) is 0.660. The van der Waals surface area contributed by atoms with Crippen molar-refractivity contribution in [3.8, 4) is 11.4 Å². The SMILES string of the molecule is Cn1c(-c2cccnc2)nc2ccc(F)c(F)c21. The normalized spacial score (nSPS) is 11.1. The molecule has 3 rings (SSSR count). The van der Waals surface area contributed by atoms with E-state index in [2.05, 4.69) is 9.97 Å². The van der Waals surface area contributed by atoms with Gasteiger partial charge in [-0.05, 0) is 24.3 Å². The topological polar surface area (TPSA) is 30.7 Å². The molecule has 0 spiro atoms. The van der Waals surface area contributed by atoms with Crippen LogP contribution in [-0.2, 0) is 7.05 Å². The lowest BCUT2D eigenvalue weighted by atomic mass is 10.3. The van der Waals surface area contributed by atoms with Crippen molar-refractivity contribution in [2.75, 3.05) is 0 Å². The van der Waals surface area contributed by atoms with Crippen LogP contribution in [0.1, 0.15) is 0 Å². The molecule has 0 bridgehead atoms. The summed E-state index contributed by atoms with van der Waals surface area (Å²) in [4.78, 5) is 8.29. The van der Waals surface area contributed by atoms with Gasteiger partial charge in [0.05, 0.1) is 5.52 Å². The Kier molecular flexibility index (Phi) is 2.33. The standard InChI is InChI=1S/C13H9F2N3/c1-18-12-10(5-4-9(14)11(12)15)17-13(18)8-3-2-6-16-7-8/h2-7H,1H3. The van der Waals surface area contributed by atoms with Crippen molar-refractivity contribution in [3.05, 3.63) is 48.3 Å². The van der Waals surface area contributed by atoms with Crippen LogP contribution in [0.2, 0.25) is 0 Å². The number of benzene rings is 1. The van der Waals surface area contributed by atoms with Crippen LogP contribution in [0.3, 0.4) is 0 Å². The van der Waals surface area contributed by atoms with Crippen LogP contribution in [0.25, 0.3) is 22.4 Å². The predicted molar refractivity (Wildman–Crippen MR) is 63.9 cm³/mol. The number of halogens is 2. The Labute approximate surface area is 102 Å². The molecule has 3 nitrogen and oxygen atoms in total. The fourth-order valence-electron chi connectivity index (χ4n) is 1.99. The summed E-state index contributed by atoms with van der Waals surface area (Å²) in [7, 11) is 1.65. The number of pyridine rings is 1. The molecule has 3 aromatic rings. The lowest BCUT2D eigenvalue weighted by molar-refractivity contribution is 0.513. The minimum Gasteiger partial charge on any atom is -0.325 e. The van der Waals surface area contributed by atoms with Crippen molar-refractivity contribution in [1.82, 2.24) is 14.5 Å². The zero-order chi connectivity index (χ0) is 12.7. The molecule has 90 valence electrons. The molecule has 0 aliphatic heterocycles. The van der Waals surface area contributed by atoms with Crippen LogP contribution in [0, 0.1) is 11.6 Å². The lowest BCUT2D eigenvalue weighted by Crippen LogP contribution is -1.95. The minimum atomic E-state index is -0.877. The van der Waals surface area contributed by atoms with E-state index >= 15 is 0 Å². The van der Waals surface area contributed by atoms with Crippen molar-refractivity contribution < 1.29 is 8.78 Å². The summed E-state index contributed by atoms with van der Waals surface area (Å²) in [6, 6.07) is 6.14. The van der Waals surface area contributed by atoms with Gasteiger partial charge >= 0.3 is 0 Å². The Bertz CT molecular complexity index is 720. The molecule has 0 atom stereocenters. The van der Waals surface area contributed by atoms with Gasteiger partial charge in [0.15, 0.2) is 11.6 Å². The molecule has 18 heavy (non-hydrogen) atoms. The van der Waals surface area contributed by atoms with Gasteiger partial charge in [0.2, 0.25) is 0 Å². The zero-order valence-corrected chi connectivity index (χ0v) is 9.56. The van der Waals surface area contributed by atoms with E-state index in [0.717, 1.165) is 11.6 Å². The van der Waals surface area contributed by atoms with Crippen molar-refractivity contribution in [3.63, 3.8) is 0 Å². The number of imidazole rings is 1. The second-order valence-electron chi connectivity index (χ2n) is 3.97. The Morgan fingerprint density at radius 2 is 2.00 bits per heavy atom. The van der Waals surface area contributed by atoms with E-state index in [1.54, 1.807) is 25.5 Å². The average molecular weight is 245 g/mol. The first-order valence-corrected chi connectivity index (χ1v) is 5.39. The Balaban J connectivity index is 2.34. The summed E-state index contributed by atoms with van der Waals surface area (Å²) in [5.74, 6) is -1.19. The molecule has 0 saturated carbocycles. The summed E-state index contributed by atoms with van der Waals surface area (Å²) in [5, 5.41) is 0. The maximum Gasteiger partial charge on any atom is 0.184 e. The van der Waals surface area contributed by atoms with E-state index in [1.807, 2.05) is 6.07 Å². The highest BCUT2D eigenvalue weighted by Gasteiger charge is 2.16. The first-order chi connectivity index (χ1) is 8.68. The summed E-state index contributed by atoms with van der Waals surface area (Å²) in [5.41, 5.74) is 1.35. The number of hydrogen-bond donors (Lipinski definition) is 0. The molecule has 2 heterocycles. The third-order valence-electron chi connectivity index (χ3n) is 2.85. The predicted octanol–water partition coefficient (Wildman–Crippen LogP) is 2.91. The van der Waals surface area contributed by atoms with Crippen LogP contribution in [0.15, 0.2) is 36.7 Å². The molecule has 2 aromatic heterocycles. The molecule has 0 saturated heterocycles. The van der Waals surface area contributed by atoms with Crippen molar-refractivity contribution in [2.45, 2.75) is 0 Å². The molecule has 1 aromatic carbocycles. The van der Waals surface area contributed by atoms with Crippen LogP contribution >= 0.6 is 0 Å². The second kappa shape index (κ2) is 3.87. The Morgan fingerprint density at radius 3 is 2.72 bits per heavy atom. The van der Waals surface area contributed by atoms with Gasteiger partial charge < -0.3 is 4.57 Å². The Hall–Kier alpha value is -2.30. The number of hydrogen-bond acceptors (Lipinski definition) is 2. The number of fused-ring (bicyclic) bond motifs is 1. The van der Waals surface area contributed by atoms with Crippen molar-refractivity contribution >= 4 is 11.0 Å². The van der Waals surface area contributed by atoms with E-state index in [1.165, 1.54) is 10.6 Å². The highest BCUT2D eigenvalue weighted by Crippen LogP contribution is 2.25. The monoisotopic (exact) mass is 245 g/mol. The molecule has 0 radical (unpaired) electrons. The molecule has 0 fully saturated rings. The van der Waals surface area contributed by atoms with E-state index < -0.39 is 11.6 Å². The van der Waals surface area contributed by atoms with E-state index in [0.29, 0.717) is 11.3 Å². The molecular weight excluding hydrogens is 236 g/mol. The molecule has 0 aliphatic rings. The highest BCUT2D eigenvalue weighted by atomic mass is 19.2. The maximum absolute atomic E-state index is 13.7. The van der Waals surface area contributed by atoms with Gasteiger partial charge in [-0.15, -0.1) is 0 Å². The third kappa shape index (κ3) is 1.48. The van der Waals surface area contributed by atoms with Gasteiger partial charge in [-0.25, -0.2) is 13.8 Å². The fraction of sp³-hybridized carbons (Fsp3) is 0.0769. The number of nitrogens with zero attached hydrogens (tertiary/aromatic N) is 3. The summed E-state index contributed by atoms with van der Waals surface area (Å²) in [6.07, 6.45) is 3.28. The molecule has 5 heteroatoms. The van der Waals surface area contributed by atoms with Crippen LogP contribution in [0.5, 0.6) is 0 Å². The zero-order valence-electron chi connectivity index (χ0n) is 9.56. The number of rotatable bonds is 1. The van der Waals surface area contributed by atoms with Gasteiger partial charge in [0.1, 0.15) is 11.3 Å². The molecule has 0 unspecified atom stereocenters. The first kappa shape index (κ1) is 10.8. The van der Waals surface area contributed by atoms with E-state index in [-0.39, 0.29) is 5.52 Å². The first-order valence-electron chi connectivity index (χ1n) is 5.39. The maximum atomic E-state index is 13.7. The molecule has 0 N–H and O–H groups in total. The number of aryl methyl sites for hydroxylation is 1. The van der Waals surface area contributed by atoms with Gasteiger partial charge in [0, 0.05) is 25.0 Å². The highest BCUT2D eigenvalue weighted by molar-refractivity contribution is 5.81. The van der Waals surface area contributed by atoms with Gasteiger partial charge in [-0.3, -0.25) is 4.98 Å². The van der Waals surface area contributed by atoms with Crippen molar-refractivity contribution in [1.29, 1.82) is 0 Å². The van der Waals surface area contributed by atoms with Crippen LogP contribution in [0.4, 0.5) is 8.78 Å². The summed E-state index contributed by atoms with van der Waals surface area (Å²) in [6.45, 7) is 0. The smallest absolute Gasteiger partial charge is 0.184 e. The molecule has 0 amide bonds. The third-order valence-corrected chi connectivity index (χ3v) is 2.85. The molecule has 0 aliphatic carbocycles. The van der Waals surface area contributed by atoms with Gasteiger partial charge in [0.25, 0.3) is 0 Å².